The van der Waals surface area contributed by atoms with Crippen LogP contribution in [0.5, 0.6) is 0 Å². The van der Waals surface area contributed by atoms with Crippen molar-refractivity contribution in [1.29, 1.82) is 0 Å². The predicted molar refractivity (Wildman–Crippen MR) is 98.6 cm³/mol. The van der Waals surface area contributed by atoms with E-state index in [0.29, 0.717) is 18.3 Å². The van der Waals surface area contributed by atoms with Gasteiger partial charge in [0.15, 0.2) is 0 Å². The molecule has 126 valence electrons. The van der Waals surface area contributed by atoms with Gasteiger partial charge >= 0.3 is 0 Å². The van der Waals surface area contributed by atoms with Gasteiger partial charge in [-0.3, -0.25) is 9.59 Å². The highest BCUT2D eigenvalue weighted by Crippen LogP contribution is 2.36. The molecular weight excluding hydrogens is 320 g/mol. The Morgan fingerprint density at radius 3 is 2.75 bits per heavy atom. The van der Waals surface area contributed by atoms with Crippen LogP contribution >= 0.6 is 11.8 Å². The molecule has 0 saturated carbocycles. The molecule has 0 spiro atoms. The fraction of sp³-hybridized carbons (Fsp3) is 0.368. The monoisotopic (exact) mass is 342 g/mol. The summed E-state index contributed by atoms with van der Waals surface area (Å²) in [5.74, 6) is 0.736. The third kappa shape index (κ3) is 3.41. The average molecular weight is 342 g/mol. The summed E-state index contributed by atoms with van der Waals surface area (Å²) in [6.07, 6.45) is 2.58. The van der Waals surface area contributed by atoms with Crippen molar-refractivity contribution in [2.24, 2.45) is 7.05 Å². The van der Waals surface area contributed by atoms with Gasteiger partial charge in [-0.1, -0.05) is 24.3 Å². The van der Waals surface area contributed by atoms with Crippen molar-refractivity contribution in [1.82, 2.24) is 9.47 Å². The Balaban J connectivity index is 1.76. The van der Waals surface area contributed by atoms with E-state index in [0.717, 1.165) is 12.2 Å². The van der Waals surface area contributed by atoms with E-state index in [1.165, 1.54) is 15.7 Å². The number of amides is 1. The summed E-state index contributed by atoms with van der Waals surface area (Å²) in [6.45, 7) is 3.50. The first-order chi connectivity index (χ1) is 11.6. The van der Waals surface area contributed by atoms with Crippen molar-refractivity contribution < 1.29 is 4.79 Å². The molecule has 1 amide bonds. The summed E-state index contributed by atoms with van der Waals surface area (Å²) in [6, 6.07) is 11.8. The number of aryl methyl sites for hydroxylation is 2. The minimum Gasteiger partial charge on any atom is -0.338 e. The first-order valence-electron chi connectivity index (χ1n) is 8.20. The van der Waals surface area contributed by atoms with Crippen molar-refractivity contribution in [3.8, 4) is 0 Å². The van der Waals surface area contributed by atoms with Gasteiger partial charge in [-0.15, -0.1) is 0 Å². The predicted octanol–water partition coefficient (Wildman–Crippen LogP) is 3.01. The van der Waals surface area contributed by atoms with Gasteiger partial charge in [-0.05, 0) is 36.6 Å². The maximum Gasteiger partial charge on any atom is 0.263 e. The van der Waals surface area contributed by atoms with Crippen molar-refractivity contribution in [2.45, 2.75) is 18.6 Å². The quantitative estimate of drug-likeness (QED) is 0.842. The zero-order valence-corrected chi connectivity index (χ0v) is 14.9. The molecule has 1 saturated heterocycles. The lowest BCUT2D eigenvalue weighted by Crippen LogP contribution is -2.37. The molecule has 2 heterocycles. The van der Waals surface area contributed by atoms with E-state index in [-0.39, 0.29) is 17.0 Å². The molecular formula is C19H22N2O2S. The molecule has 1 aromatic carbocycles. The molecule has 1 aliphatic heterocycles. The van der Waals surface area contributed by atoms with Crippen molar-refractivity contribution in [3.05, 3.63) is 69.6 Å². The van der Waals surface area contributed by atoms with Crippen molar-refractivity contribution in [3.63, 3.8) is 0 Å². The van der Waals surface area contributed by atoms with E-state index in [9.17, 15) is 9.59 Å². The molecule has 0 unspecified atom stereocenters. The van der Waals surface area contributed by atoms with E-state index >= 15 is 0 Å². The van der Waals surface area contributed by atoms with Crippen LogP contribution in [-0.2, 0) is 7.05 Å². The summed E-state index contributed by atoms with van der Waals surface area (Å²) in [5, 5.41) is 0.405. The molecule has 2 aromatic rings. The molecule has 5 heteroatoms. The third-order valence-electron chi connectivity index (χ3n) is 4.52. The first-order valence-corrected chi connectivity index (χ1v) is 9.25. The number of hydrogen-bond donors (Lipinski definition) is 0. The van der Waals surface area contributed by atoms with E-state index < -0.39 is 0 Å². The lowest BCUT2D eigenvalue weighted by atomic mass is 10.0. The Morgan fingerprint density at radius 1 is 1.17 bits per heavy atom. The minimum absolute atomic E-state index is 0.151. The van der Waals surface area contributed by atoms with Gasteiger partial charge in [0.1, 0.15) is 5.56 Å². The first kappa shape index (κ1) is 16.8. The maximum absolute atomic E-state index is 12.7. The maximum atomic E-state index is 12.7. The number of pyridine rings is 1. The summed E-state index contributed by atoms with van der Waals surface area (Å²) < 4.78 is 1.45. The van der Waals surface area contributed by atoms with Crippen LogP contribution in [0, 0.1) is 6.92 Å². The van der Waals surface area contributed by atoms with Gasteiger partial charge in [-0.2, -0.15) is 11.8 Å². The van der Waals surface area contributed by atoms with Gasteiger partial charge in [0.2, 0.25) is 0 Å². The SMILES string of the molecule is Cc1ccccc1[C@H]1CCN(C(=O)c2cccn(C)c2=O)CCS1. The smallest absolute Gasteiger partial charge is 0.263 e. The zero-order valence-electron chi connectivity index (χ0n) is 14.1. The second-order valence-corrected chi connectivity index (χ2v) is 7.45. The van der Waals surface area contributed by atoms with Gasteiger partial charge in [0, 0.05) is 37.3 Å². The minimum atomic E-state index is -0.227. The van der Waals surface area contributed by atoms with Crippen LogP contribution in [0.4, 0.5) is 0 Å². The molecule has 1 atom stereocenters. The normalized spacial score (nSPS) is 18.2. The van der Waals surface area contributed by atoms with Gasteiger partial charge in [0.25, 0.3) is 11.5 Å². The molecule has 4 nitrogen and oxygen atoms in total. The Morgan fingerprint density at radius 2 is 1.96 bits per heavy atom. The molecule has 0 radical (unpaired) electrons. The third-order valence-corrected chi connectivity index (χ3v) is 5.83. The molecule has 0 N–H and O–H groups in total. The highest BCUT2D eigenvalue weighted by atomic mass is 32.2. The van der Waals surface area contributed by atoms with Gasteiger partial charge in [0.05, 0.1) is 0 Å². The van der Waals surface area contributed by atoms with Crippen molar-refractivity contribution in [2.75, 3.05) is 18.8 Å². The zero-order chi connectivity index (χ0) is 17.1. The second-order valence-electron chi connectivity index (χ2n) is 6.13. The highest BCUT2D eigenvalue weighted by molar-refractivity contribution is 7.99. The van der Waals surface area contributed by atoms with Gasteiger partial charge in [-0.25, -0.2) is 0 Å². The van der Waals surface area contributed by atoms with Crippen molar-refractivity contribution >= 4 is 17.7 Å². The Kier molecular flexibility index (Phi) is 5.09. The van der Waals surface area contributed by atoms with Crippen LogP contribution < -0.4 is 5.56 Å². The number of carbonyl (C=O) groups excluding carboxylic acids is 1. The lowest BCUT2D eigenvalue weighted by Gasteiger charge is -2.20. The Hall–Kier alpha value is -2.01. The number of carbonyl (C=O) groups is 1. The molecule has 3 rings (SSSR count). The lowest BCUT2D eigenvalue weighted by molar-refractivity contribution is 0.0764. The Bertz CT molecular complexity index is 800. The van der Waals surface area contributed by atoms with Crippen LogP contribution in [0.25, 0.3) is 0 Å². The van der Waals surface area contributed by atoms with Gasteiger partial charge < -0.3 is 9.47 Å². The Labute approximate surface area is 146 Å². The summed E-state index contributed by atoms with van der Waals surface area (Å²) in [4.78, 5) is 26.7. The number of benzene rings is 1. The summed E-state index contributed by atoms with van der Waals surface area (Å²) in [7, 11) is 1.67. The number of rotatable bonds is 2. The highest BCUT2D eigenvalue weighted by Gasteiger charge is 2.25. The topological polar surface area (TPSA) is 42.3 Å². The molecule has 1 aromatic heterocycles. The van der Waals surface area contributed by atoms with Crippen LogP contribution in [0.2, 0.25) is 0 Å². The number of hydrogen-bond acceptors (Lipinski definition) is 3. The van der Waals surface area contributed by atoms with Crippen LogP contribution in [0.15, 0.2) is 47.4 Å². The van der Waals surface area contributed by atoms with E-state index in [1.807, 2.05) is 16.7 Å². The molecule has 24 heavy (non-hydrogen) atoms. The van der Waals surface area contributed by atoms with E-state index in [1.54, 1.807) is 25.4 Å². The van der Waals surface area contributed by atoms with Crippen LogP contribution in [0.3, 0.4) is 0 Å². The van der Waals surface area contributed by atoms with Crippen LogP contribution in [-0.4, -0.2) is 34.2 Å². The largest absolute Gasteiger partial charge is 0.338 e. The summed E-state index contributed by atoms with van der Waals surface area (Å²) >= 11 is 1.90. The molecule has 0 bridgehead atoms. The van der Waals surface area contributed by atoms with Crippen LogP contribution in [0.1, 0.15) is 33.2 Å². The number of thioether (sulfide) groups is 1. The van der Waals surface area contributed by atoms with E-state index in [4.69, 9.17) is 0 Å². The molecule has 0 aliphatic carbocycles. The van der Waals surface area contributed by atoms with E-state index in [2.05, 4.69) is 31.2 Å². The standard InChI is InChI=1S/C19H22N2O2S/c1-14-6-3-4-7-15(14)17-9-11-21(12-13-24-17)19(23)16-8-5-10-20(2)18(16)22/h3-8,10,17H,9,11-13H2,1-2H3/t17-/m1/s1. The fourth-order valence-corrected chi connectivity index (χ4v) is 4.43. The second kappa shape index (κ2) is 7.26. The fourth-order valence-electron chi connectivity index (χ4n) is 3.10. The summed E-state index contributed by atoms with van der Waals surface area (Å²) in [5.41, 5.74) is 2.69. The molecule has 1 fully saturated rings. The molecule has 1 aliphatic rings. The average Bonchev–Trinajstić information content (AvgIpc) is 2.83. The number of aromatic nitrogens is 1. The number of nitrogens with zero attached hydrogens (tertiary/aromatic N) is 2.